The van der Waals surface area contributed by atoms with Crippen molar-refractivity contribution in [3.05, 3.63) is 18.0 Å². The van der Waals surface area contributed by atoms with Crippen LogP contribution < -0.4 is 0 Å². The van der Waals surface area contributed by atoms with Gasteiger partial charge < -0.3 is 9.84 Å². The largest absolute Gasteiger partial charge is 0.466 e. The number of aliphatic hydroxyl groups is 1. The molecular formula is C14H19F3N2O3. The summed E-state index contributed by atoms with van der Waals surface area (Å²) in [4.78, 5) is 11.6. The zero-order valence-corrected chi connectivity index (χ0v) is 12.3. The third-order valence-corrected chi connectivity index (χ3v) is 3.92. The summed E-state index contributed by atoms with van der Waals surface area (Å²) < 4.78 is 43.5. The van der Waals surface area contributed by atoms with Crippen molar-refractivity contribution in [2.45, 2.75) is 50.9 Å². The first kappa shape index (κ1) is 16.8. The van der Waals surface area contributed by atoms with E-state index in [1.807, 2.05) is 0 Å². The van der Waals surface area contributed by atoms with E-state index in [0.717, 1.165) is 10.7 Å². The average molecular weight is 320 g/mol. The number of rotatable bonds is 4. The van der Waals surface area contributed by atoms with E-state index in [1.165, 1.54) is 6.20 Å². The Hall–Kier alpha value is -1.57. The third kappa shape index (κ3) is 4.00. The fraction of sp³-hybridized carbons (Fsp3) is 0.714. The first-order valence-corrected chi connectivity index (χ1v) is 7.23. The topological polar surface area (TPSA) is 64.3 Å². The van der Waals surface area contributed by atoms with Crippen molar-refractivity contribution in [2.75, 3.05) is 6.61 Å². The zero-order valence-electron chi connectivity index (χ0n) is 12.3. The summed E-state index contributed by atoms with van der Waals surface area (Å²) in [5, 5.41) is 13.9. The van der Waals surface area contributed by atoms with Crippen LogP contribution in [-0.4, -0.2) is 33.1 Å². The first-order valence-electron chi connectivity index (χ1n) is 7.23. The van der Waals surface area contributed by atoms with Crippen LogP contribution >= 0.6 is 0 Å². The van der Waals surface area contributed by atoms with Crippen molar-refractivity contribution in [3.8, 4) is 0 Å². The van der Waals surface area contributed by atoms with Crippen molar-refractivity contribution >= 4 is 5.97 Å². The summed E-state index contributed by atoms with van der Waals surface area (Å²) in [6.07, 6.45) is -1.70. The molecule has 0 aromatic carbocycles. The van der Waals surface area contributed by atoms with Gasteiger partial charge in [0, 0.05) is 6.20 Å². The molecule has 2 rings (SSSR count). The van der Waals surface area contributed by atoms with Crippen LogP contribution in [0, 0.1) is 5.92 Å². The Morgan fingerprint density at radius 1 is 1.50 bits per heavy atom. The summed E-state index contributed by atoms with van der Waals surface area (Å²) in [7, 11) is 0. The second-order valence-corrected chi connectivity index (χ2v) is 5.65. The Balaban J connectivity index is 1.94. The van der Waals surface area contributed by atoms with E-state index in [4.69, 9.17) is 4.74 Å². The van der Waals surface area contributed by atoms with Crippen LogP contribution in [0.5, 0.6) is 0 Å². The van der Waals surface area contributed by atoms with Crippen LogP contribution in [0.3, 0.4) is 0 Å². The highest BCUT2D eigenvalue weighted by Crippen LogP contribution is 2.34. The maximum atomic E-state index is 12.5. The van der Waals surface area contributed by atoms with Gasteiger partial charge in [0.2, 0.25) is 0 Å². The number of hydrogen-bond donors (Lipinski definition) is 1. The summed E-state index contributed by atoms with van der Waals surface area (Å²) in [6, 6.07) is 0.883. The Labute approximate surface area is 126 Å². The number of halogens is 3. The van der Waals surface area contributed by atoms with E-state index in [1.54, 1.807) is 6.92 Å². The Morgan fingerprint density at radius 3 is 2.64 bits per heavy atom. The maximum absolute atomic E-state index is 12.5. The molecule has 0 bridgehead atoms. The number of ether oxygens (including phenoxy) is 1. The van der Waals surface area contributed by atoms with Crippen LogP contribution in [0.1, 0.15) is 38.3 Å². The number of carbonyl (C=O) groups is 1. The van der Waals surface area contributed by atoms with Gasteiger partial charge in [-0.05, 0) is 38.7 Å². The number of nitrogens with zero attached hydrogens (tertiary/aromatic N) is 2. The fourth-order valence-electron chi connectivity index (χ4n) is 2.71. The van der Waals surface area contributed by atoms with Crippen LogP contribution in [-0.2, 0) is 22.3 Å². The lowest BCUT2D eigenvalue weighted by atomic mass is 9.79. The lowest BCUT2D eigenvalue weighted by Crippen LogP contribution is -2.40. The van der Waals surface area contributed by atoms with Crippen molar-refractivity contribution in [1.29, 1.82) is 0 Å². The molecule has 1 aromatic heterocycles. The molecule has 1 saturated carbocycles. The molecule has 0 amide bonds. The van der Waals surface area contributed by atoms with Crippen LogP contribution in [0.2, 0.25) is 0 Å². The van der Waals surface area contributed by atoms with Gasteiger partial charge in [-0.3, -0.25) is 9.48 Å². The first-order chi connectivity index (χ1) is 10.2. The number of esters is 1. The van der Waals surface area contributed by atoms with E-state index >= 15 is 0 Å². The molecule has 1 N–H and O–H groups in total. The lowest BCUT2D eigenvalue weighted by molar-refractivity contribution is -0.151. The molecule has 5 nitrogen and oxygen atoms in total. The summed E-state index contributed by atoms with van der Waals surface area (Å²) in [5.41, 5.74) is -2.12. The molecule has 0 radical (unpaired) electrons. The minimum Gasteiger partial charge on any atom is -0.466 e. The minimum absolute atomic E-state index is 0.0153. The van der Waals surface area contributed by atoms with Gasteiger partial charge >= 0.3 is 12.1 Å². The molecule has 1 heterocycles. The van der Waals surface area contributed by atoms with Gasteiger partial charge in [-0.15, -0.1) is 0 Å². The fourth-order valence-corrected chi connectivity index (χ4v) is 2.71. The van der Waals surface area contributed by atoms with Gasteiger partial charge in [0.25, 0.3) is 0 Å². The number of aromatic nitrogens is 2. The SMILES string of the molecule is CCOC(=O)C1CCC(O)(Cn2ccc(C(F)(F)F)n2)CC1. The second kappa shape index (κ2) is 6.28. The molecule has 0 unspecified atom stereocenters. The number of alkyl halides is 3. The van der Waals surface area contributed by atoms with Crippen molar-refractivity contribution in [2.24, 2.45) is 5.92 Å². The van der Waals surface area contributed by atoms with Crippen LogP contribution in [0.15, 0.2) is 12.3 Å². The van der Waals surface area contributed by atoms with E-state index in [9.17, 15) is 23.1 Å². The number of carbonyl (C=O) groups excluding carboxylic acids is 1. The van der Waals surface area contributed by atoms with E-state index in [2.05, 4.69) is 5.10 Å². The molecule has 0 spiro atoms. The van der Waals surface area contributed by atoms with E-state index in [0.29, 0.717) is 32.3 Å². The van der Waals surface area contributed by atoms with Crippen molar-refractivity contribution in [3.63, 3.8) is 0 Å². The van der Waals surface area contributed by atoms with E-state index < -0.39 is 17.5 Å². The van der Waals surface area contributed by atoms with Crippen molar-refractivity contribution < 1.29 is 27.8 Å². The quantitative estimate of drug-likeness (QED) is 0.865. The average Bonchev–Trinajstić information content (AvgIpc) is 2.87. The van der Waals surface area contributed by atoms with Gasteiger partial charge in [0.15, 0.2) is 5.69 Å². The molecular weight excluding hydrogens is 301 g/mol. The van der Waals surface area contributed by atoms with Crippen LogP contribution in [0.25, 0.3) is 0 Å². The molecule has 0 saturated heterocycles. The van der Waals surface area contributed by atoms with Gasteiger partial charge in [-0.25, -0.2) is 0 Å². The minimum atomic E-state index is -4.49. The molecule has 1 aliphatic rings. The molecule has 1 aromatic rings. The zero-order chi connectivity index (χ0) is 16.4. The predicted molar refractivity (Wildman–Crippen MR) is 70.8 cm³/mol. The molecule has 22 heavy (non-hydrogen) atoms. The summed E-state index contributed by atoms with van der Waals surface area (Å²) >= 11 is 0. The van der Waals surface area contributed by atoms with Crippen molar-refractivity contribution in [1.82, 2.24) is 9.78 Å². The smallest absolute Gasteiger partial charge is 0.435 e. The van der Waals surface area contributed by atoms with Gasteiger partial charge in [-0.1, -0.05) is 0 Å². The molecule has 1 fully saturated rings. The summed E-state index contributed by atoms with van der Waals surface area (Å²) in [5.74, 6) is -0.522. The highest BCUT2D eigenvalue weighted by atomic mass is 19.4. The monoisotopic (exact) mass is 320 g/mol. The highest BCUT2D eigenvalue weighted by molar-refractivity contribution is 5.72. The predicted octanol–water partition coefficient (Wildman–Crippen LogP) is 2.39. The molecule has 1 aliphatic carbocycles. The summed E-state index contributed by atoms with van der Waals surface area (Å²) in [6.45, 7) is 2.03. The molecule has 0 aliphatic heterocycles. The Kier molecular flexibility index (Phi) is 4.79. The highest BCUT2D eigenvalue weighted by Gasteiger charge is 2.38. The van der Waals surface area contributed by atoms with Crippen LogP contribution in [0.4, 0.5) is 13.2 Å². The Morgan fingerprint density at radius 2 is 2.14 bits per heavy atom. The molecule has 0 atom stereocenters. The third-order valence-electron chi connectivity index (χ3n) is 3.92. The molecule has 8 heteroatoms. The Bertz CT molecular complexity index is 520. The van der Waals surface area contributed by atoms with Gasteiger partial charge in [-0.2, -0.15) is 18.3 Å². The van der Waals surface area contributed by atoms with Gasteiger partial charge in [0.05, 0.1) is 24.7 Å². The van der Waals surface area contributed by atoms with E-state index in [-0.39, 0.29) is 18.4 Å². The lowest BCUT2D eigenvalue weighted by Gasteiger charge is -2.35. The number of hydrogen-bond acceptors (Lipinski definition) is 4. The standard InChI is InChI=1S/C14H19F3N2O3/c1-2-22-12(20)10-3-6-13(21,7-4-10)9-19-8-5-11(18-19)14(15,16)17/h5,8,10,21H,2-4,6-7,9H2,1H3. The van der Waals surface area contributed by atoms with Gasteiger partial charge in [0.1, 0.15) is 0 Å². The molecule has 124 valence electrons. The second-order valence-electron chi connectivity index (χ2n) is 5.65. The normalized spacial score (nSPS) is 26.0. The maximum Gasteiger partial charge on any atom is 0.435 e.